The average molecular weight is 416 g/mol. The molecule has 1 fully saturated rings. The molecular weight excluding hydrogens is 392 g/mol. The van der Waals surface area contributed by atoms with Crippen LogP contribution in [-0.2, 0) is 20.2 Å². The molecule has 1 saturated carbocycles. The molecule has 7 nitrogen and oxygen atoms in total. The van der Waals surface area contributed by atoms with Crippen LogP contribution >= 0.6 is 0 Å². The van der Waals surface area contributed by atoms with E-state index in [2.05, 4.69) is 16.6 Å². The first kappa shape index (κ1) is 20.7. The number of carbonyl (C=O) groups is 1. The summed E-state index contributed by atoms with van der Waals surface area (Å²) in [5, 5.41) is 2.84. The van der Waals surface area contributed by atoms with Crippen molar-refractivity contribution in [2.24, 2.45) is 0 Å². The van der Waals surface area contributed by atoms with Crippen LogP contribution in [0.1, 0.15) is 18.4 Å². The maximum atomic E-state index is 12.8. The molecule has 0 saturated heterocycles. The first-order valence-electron chi connectivity index (χ1n) is 9.11. The number of benzene rings is 2. The predicted molar refractivity (Wildman–Crippen MR) is 111 cm³/mol. The van der Waals surface area contributed by atoms with Crippen LogP contribution in [-0.4, -0.2) is 35.1 Å². The van der Waals surface area contributed by atoms with Crippen molar-refractivity contribution in [1.82, 2.24) is 5.32 Å². The Hall–Kier alpha value is -3.00. The zero-order chi connectivity index (χ0) is 21.1. The number of carbonyl (C=O) groups excluding carboxylic acids is 1. The smallest absolute Gasteiger partial charge is 0.265 e. The largest absolute Gasteiger partial charge is 0.497 e. The molecule has 0 atom stereocenters. The van der Waals surface area contributed by atoms with Gasteiger partial charge in [0.25, 0.3) is 10.0 Å². The van der Waals surface area contributed by atoms with E-state index < -0.39 is 15.4 Å². The fraction of sp³-hybridized carbons (Fsp3) is 0.286. The van der Waals surface area contributed by atoms with Crippen LogP contribution in [0.5, 0.6) is 11.5 Å². The zero-order valence-electron chi connectivity index (χ0n) is 16.4. The maximum Gasteiger partial charge on any atom is 0.265 e. The third kappa shape index (κ3) is 4.22. The van der Waals surface area contributed by atoms with E-state index in [9.17, 15) is 13.2 Å². The Bertz CT molecular complexity index is 1010. The lowest BCUT2D eigenvalue weighted by molar-refractivity contribution is -0.123. The topological polar surface area (TPSA) is 93.7 Å². The van der Waals surface area contributed by atoms with Crippen molar-refractivity contribution in [2.45, 2.75) is 23.2 Å². The number of ether oxygens (including phenoxy) is 2. The van der Waals surface area contributed by atoms with E-state index in [1.807, 2.05) is 0 Å². The second-order valence-corrected chi connectivity index (χ2v) is 8.43. The lowest BCUT2D eigenvalue weighted by Crippen LogP contribution is -2.34. The molecule has 1 aliphatic carbocycles. The van der Waals surface area contributed by atoms with Gasteiger partial charge in [-0.25, -0.2) is 8.42 Å². The summed E-state index contributed by atoms with van der Waals surface area (Å²) in [4.78, 5) is 12.4. The molecule has 0 spiro atoms. The summed E-state index contributed by atoms with van der Waals surface area (Å²) in [5.41, 5.74) is 0.720. The number of sulfonamides is 1. The lowest BCUT2D eigenvalue weighted by atomic mass is 9.95. The Morgan fingerprint density at radius 2 is 1.83 bits per heavy atom. The molecule has 2 N–H and O–H groups in total. The molecule has 1 amide bonds. The summed E-state index contributed by atoms with van der Waals surface area (Å²) in [6.45, 7) is 4.02. The number of nitrogens with one attached hydrogen (secondary N) is 2. The fourth-order valence-electron chi connectivity index (χ4n) is 3.17. The van der Waals surface area contributed by atoms with E-state index in [4.69, 9.17) is 9.47 Å². The van der Waals surface area contributed by atoms with E-state index in [1.165, 1.54) is 26.4 Å². The number of hydrogen-bond donors (Lipinski definition) is 2. The number of methoxy groups -OCH3 is 2. The molecule has 154 valence electrons. The number of hydrogen-bond acceptors (Lipinski definition) is 5. The third-order valence-corrected chi connectivity index (χ3v) is 6.34. The van der Waals surface area contributed by atoms with Gasteiger partial charge < -0.3 is 14.8 Å². The second-order valence-electron chi connectivity index (χ2n) is 6.78. The second kappa shape index (κ2) is 8.16. The molecule has 0 unspecified atom stereocenters. The number of amides is 1. The number of anilines is 1. The fourth-order valence-corrected chi connectivity index (χ4v) is 4.41. The quantitative estimate of drug-likeness (QED) is 0.613. The molecule has 0 radical (unpaired) electrons. The normalized spacial score (nSPS) is 14.6. The molecule has 29 heavy (non-hydrogen) atoms. The van der Waals surface area contributed by atoms with Crippen LogP contribution in [0.15, 0.2) is 60.0 Å². The highest BCUT2D eigenvalue weighted by Crippen LogP contribution is 2.48. The van der Waals surface area contributed by atoms with Gasteiger partial charge in [-0.3, -0.25) is 9.52 Å². The molecule has 0 aromatic heterocycles. The Balaban J connectivity index is 1.81. The standard InChI is InChI=1S/C21H24N2O5S/c1-4-13-22-20(24)21(11-12-21)15-5-7-16(8-6-15)23-29(25,26)19-14-17(27-2)9-10-18(19)28-3/h4-10,14,23H,1,11-13H2,2-3H3,(H,22,24). The van der Waals surface area contributed by atoms with Gasteiger partial charge in [0.2, 0.25) is 5.91 Å². The molecular formula is C21H24N2O5S. The van der Waals surface area contributed by atoms with Crippen LogP contribution in [0.2, 0.25) is 0 Å². The molecule has 3 rings (SSSR count). The summed E-state index contributed by atoms with van der Waals surface area (Å²) in [6, 6.07) is 11.4. The Morgan fingerprint density at radius 1 is 1.14 bits per heavy atom. The van der Waals surface area contributed by atoms with Gasteiger partial charge in [-0.2, -0.15) is 0 Å². The van der Waals surface area contributed by atoms with Gasteiger partial charge in [-0.15, -0.1) is 6.58 Å². The van der Waals surface area contributed by atoms with Gasteiger partial charge in [0.15, 0.2) is 0 Å². The molecule has 0 aliphatic heterocycles. The summed E-state index contributed by atoms with van der Waals surface area (Å²) in [6.07, 6.45) is 3.17. The van der Waals surface area contributed by atoms with Crippen LogP contribution in [0.3, 0.4) is 0 Å². The summed E-state index contributed by atoms with van der Waals surface area (Å²) < 4.78 is 38.5. The van der Waals surface area contributed by atoms with E-state index >= 15 is 0 Å². The molecule has 0 heterocycles. The van der Waals surface area contributed by atoms with Crippen molar-refractivity contribution in [3.63, 3.8) is 0 Å². The maximum absolute atomic E-state index is 12.8. The highest BCUT2D eigenvalue weighted by atomic mass is 32.2. The lowest BCUT2D eigenvalue weighted by Gasteiger charge is -2.16. The van der Waals surface area contributed by atoms with E-state index in [1.54, 1.807) is 36.4 Å². The first-order valence-corrected chi connectivity index (χ1v) is 10.6. The van der Waals surface area contributed by atoms with Gasteiger partial charge >= 0.3 is 0 Å². The van der Waals surface area contributed by atoms with Gasteiger partial charge in [0, 0.05) is 18.3 Å². The Labute approximate surface area is 170 Å². The summed E-state index contributed by atoms with van der Waals surface area (Å²) in [5.74, 6) is 0.584. The van der Waals surface area contributed by atoms with Gasteiger partial charge in [0.05, 0.1) is 19.6 Å². The number of rotatable bonds is 9. The van der Waals surface area contributed by atoms with Gasteiger partial charge in [-0.05, 0) is 42.7 Å². The Morgan fingerprint density at radius 3 is 2.38 bits per heavy atom. The minimum absolute atomic E-state index is 0.0223. The molecule has 1 aliphatic rings. The van der Waals surface area contributed by atoms with Crippen molar-refractivity contribution in [3.8, 4) is 11.5 Å². The predicted octanol–water partition coefficient (Wildman–Crippen LogP) is 2.84. The minimum Gasteiger partial charge on any atom is -0.497 e. The highest BCUT2D eigenvalue weighted by molar-refractivity contribution is 7.92. The summed E-state index contributed by atoms with van der Waals surface area (Å²) in [7, 11) is -1.03. The molecule has 8 heteroatoms. The van der Waals surface area contributed by atoms with Crippen LogP contribution in [0, 0.1) is 0 Å². The third-order valence-electron chi connectivity index (χ3n) is 4.94. The molecule has 0 bridgehead atoms. The van der Waals surface area contributed by atoms with Gasteiger partial charge in [-0.1, -0.05) is 18.2 Å². The monoisotopic (exact) mass is 416 g/mol. The van der Waals surface area contributed by atoms with Crippen molar-refractivity contribution < 1.29 is 22.7 Å². The molecule has 2 aromatic rings. The van der Waals surface area contributed by atoms with Crippen molar-refractivity contribution in [1.29, 1.82) is 0 Å². The van der Waals surface area contributed by atoms with Crippen LogP contribution < -0.4 is 19.5 Å². The van der Waals surface area contributed by atoms with Gasteiger partial charge in [0.1, 0.15) is 16.4 Å². The average Bonchev–Trinajstić information content (AvgIpc) is 3.53. The molecule has 2 aromatic carbocycles. The highest BCUT2D eigenvalue weighted by Gasteiger charge is 2.50. The SMILES string of the molecule is C=CCNC(=O)C1(c2ccc(NS(=O)(=O)c3cc(OC)ccc3OC)cc2)CC1. The summed E-state index contributed by atoms with van der Waals surface area (Å²) >= 11 is 0. The zero-order valence-corrected chi connectivity index (χ0v) is 17.2. The van der Waals surface area contributed by atoms with Crippen molar-refractivity contribution >= 4 is 21.6 Å². The first-order chi connectivity index (χ1) is 13.9. The van der Waals surface area contributed by atoms with E-state index in [0.29, 0.717) is 18.0 Å². The van der Waals surface area contributed by atoms with E-state index in [-0.39, 0.29) is 16.6 Å². The van der Waals surface area contributed by atoms with Crippen molar-refractivity contribution in [2.75, 3.05) is 25.5 Å². The Kier molecular flexibility index (Phi) is 5.83. The van der Waals surface area contributed by atoms with Crippen molar-refractivity contribution in [3.05, 3.63) is 60.7 Å². The van der Waals surface area contributed by atoms with E-state index in [0.717, 1.165) is 18.4 Å². The minimum atomic E-state index is -3.90. The van der Waals surface area contributed by atoms with Crippen LogP contribution in [0.4, 0.5) is 5.69 Å². The van der Waals surface area contributed by atoms with Crippen LogP contribution in [0.25, 0.3) is 0 Å².